The van der Waals surface area contributed by atoms with Crippen molar-refractivity contribution < 1.29 is 14.3 Å². The summed E-state index contributed by atoms with van der Waals surface area (Å²) in [6, 6.07) is 1.39. The fourth-order valence-electron chi connectivity index (χ4n) is 3.07. The number of H-pyrrole nitrogens is 1. The molecule has 2 aromatic rings. The number of ether oxygens (including phenoxy) is 1. The molecule has 1 aliphatic carbocycles. The van der Waals surface area contributed by atoms with E-state index in [-0.39, 0.29) is 17.2 Å². The Balaban J connectivity index is 1.75. The molecule has 3 rings (SSSR count). The fraction of sp³-hybridized carbons (Fsp3) is 0.444. The van der Waals surface area contributed by atoms with Gasteiger partial charge in [0.25, 0.3) is 5.56 Å². The van der Waals surface area contributed by atoms with Crippen LogP contribution >= 0.6 is 23.1 Å². The van der Waals surface area contributed by atoms with Crippen LogP contribution in [-0.4, -0.2) is 34.7 Å². The number of carbonyl (C=O) groups is 2. The van der Waals surface area contributed by atoms with Gasteiger partial charge in [0.2, 0.25) is 5.91 Å². The molecule has 0 bridgehead atoms. The molecular weight excluding hydrogens is 386 g/mol. The van der Waals surface area contributed by atoms with Crippen LogP contribution in [0, 0.1) is 12.8 Å². The van der Waals surface area contributed by atoms with Crippen molar-refractivity contribution in [2.45, 2.75) is 38.3 Å². The molecule has 1 unspecified atom stereocenters. The number of anilines is 1. The van der Waals surface area contributed by atoms with Crippen LogP contribution in [-0.2, 0) is 22.4 Å². The van der Waals surface area contributed by atoms with Crippen molar-refractivity contribution in [3.05, 3.63) is 38.1 Å². The molecule has 2 aromatic heterocycles. The van der Waals surface area contributed by atoms with Gasteiger partial charge in [0.1, 0.15) is 5.00 Å². The van der Waals surface area contributed by atoms with E-state index in [0.29, 0.717) is 27.3 Å². The van der Waals surface area contributed by atoms with E-state index in [1.54, 1.807) is 6.92 Å². The number of hydrogen-bond donors (Lipinski definition) is 2. The average Bonchev–Trinajstić information content (AvgIpc) is 2.95. The monoisotopic (exact) mass is 407 g/mol. The number of thiophene rings is 1. The first kappa shape index (κ1) is 19.6. The van der Waals surface area contributed by atoms with Gasteiger partial charge in [-0.3, -0.25) is 9.59 Å². The number of aryl methyl sites for hydroxylation is 1. The number of rotatable bonds is 5. The number of amides is 1. The molecule has 9 heteroatoms. The number of nitrogens with zero attached hydrogens (tertiary/aromatic N) is 1. The minimum Gasteiger partial charge on any atom is -0.465 e. The summed E-state index contributed by atoms with van der Waals surface area (Å²) in [5, 5.41) is 3.77. The molecular formula is C18H21N3O4S2. The predicted molar refractivity (Wildman–Crippen MR) is 106 cm³/mol. The van der Waals surface area contributed by atoms with Crippen molar-refractivity contribution in [1.29, 1.82) is 0 Å². The minimum absolute atomic E-state index is 0.0754. The topological polar surface area (TPSA) is 101 Å². The smallest absolute Gasteiger partial charge is 0.341 e. The molecule has 0 aromatic carbocycles. The van der Waals surface area contributed by atoms with Crippen molar-refractivity contribution in [2.75, 3.05) is 18.2 Å². The zero-order valence-electron chi connectivity index (χ0n) is 15.4. The third-order valence-electron chi connectivity index (χ3n) is 4.34. The van der Waals surface area contributed by atoms with Crippen LogP contribution < -0.4 is 10.9 Å². The first-order chi connectivity index (χ1) is 12.9. The Labute approximate surface area is 164 Å². The second-order valence-electron chi connectivity index (χ2n) is 6.58. The van der Waals surface area contributed by atoms with Crippen molar-refractivity contribution in [3.8, 4) is 0 Å². The molecule has 2 N–H and O–H groups in total. The van der Waals surface area contributed by atoms with Crippen molar-refractivity contribution in [2.24, 2.45) is 5.92 Å². The van der Waals surface area contributed by atoms with Crippen molar-refractivity contribution >= 4 is 40.0 Å². The predicted octanol–water partition coefficient (Wildman–Crippen LogP) is 2.78. The molecule has 0 spiro atoms. The summed E-state index contributed by atoms with van der Waals surface area (Å²) < 4.78 is 4.93. The van der Waals surface area contributed by atoms with Gasteiger partial charge in [-0.05, 0) is 37.7 Å². The zero-order valence-corrected chi connectivity index (χ0v) is 17.0. The van der Waals surface area contributed by atoms with Crippen LogP contribution in [0.5, 0.6) is 0 Å². The van der Waals surface area contributed by atoms with Gasteiger partial charge in [-0.2, -0.15) is 0 Å². The number of esters is 1. The summed E-state index contributed by atoms with van der Waals surface area (Å²) in [6.07, 6.45) is 2.74. The number of methoxy groups -OCH3 is 1. The van der Waals surface area contributed by atoms with E-state index in [1.165, 1.54) is 24.5 Å². The third-order valence-corrected chi connectivity index (χ3v) is 6.39. The zero-order chi connectivity index (χ0) is 19.6. The molecule has 0 saturated heterocycles. The Morgan fingerprint density at radius 2 is 2.26 bits per heavy atom. The largest absolute Gasteiger partial charge is 0.465 e. The second-order valence-corrected chi connectivity index (χ2v) is 8.65. The number of aromatic amines is 1. The lowest BCUT2D eigenvalue weighted by atomic mass is 9.88. The number of hydrogen-bond acceptors (Lipinski definition) is 7. The molecule has 0 saturated carbocycles. The summed E-state index contributed by atoms with van der Waals surface area (Å²) in [5.41, 5.74) is 1.82. The number of thioether (sulfide) groups is 1. The molecule has 27 heavy (non-hydrogen) atoms. The first-order valence-corrected chi connectivity index (χ1v) is 10.4. The quantitative estimate of drug-likeness (QED) is 0.449. The summed E-state index contributed by atoms with van der Waals surface area (Å²) in [5.74, 6) is -0.0491. The van der Waals surface area contributed by atoms with E-state index < -0.39 is 5.97 Å². The fourth-order valence-corrected chi connectivity index (χ4v) is 5.21. The number of aromatic nitrogens is 2. The Bertz CT molecular complexity index is 935. The highest BCUT2D eigenvalue weighted by molar-refractivity contribution is 7.99. The molecule has 7 nitrogen and oxygen atoms in total. The summed E-state index contributed by atoms with van der Waals surface area (Å²) in [4.78, 5) is 44.1. The molecule has 0 aliphatic heterocycles. The molecule has 0 radical (unpaired) electrons. The van der Waals surface area contributed by atoms with E-state index in [1.807, 2.05) is 0 Å². The summed E-state index contributed by atoms with van der Waals surface area (Å²) in [7, 11) is 1.35. The van der Waals surface area contributed by atoms with Gasteiger partial charge in [0, 0.05) is 16.6 Å². The SMILES string of the molecule is COC(=O)c1c(NC(=O)CSc2nc(C)cc(=O)[nH]2)sc2c1CCC(C)C2. The lowest BCUT2D eigenvalue weighted by Crippen LogP contribution is -2.17. The van der Waals surface area contributed by atoms with Gasteiger partial charge in [-0.1, -0.05) is 18.7 Å². The normalized spacial score (nSPS) is 15.9. The Hall–Kier alpha value is -2.13. The molecule has 1 atom stereocenters. The van der Waals surface area contributed by atoms with Crippen LogP contribution in [0.3, 0.4) is 0 Å². The van der Waals surface area contributed by atoms with Gasteiger partial charge in [0.15, 0.2) is 5.16 Å². The van der Waals surface area contributed by atoms with Gasteiger partial charge in [-0.25, -0.2) is 9.78 Å². The third kappa shape index (κ3) is 4.59. The van der Waals surface area contributed by atoms with Crippen LogP contribution in [0.25, 0.3) is 0 Å². The van der Waals surface area contributed by atoms with E-state index in [2.05, 4.69) is 22.2 Å². The maximum atomic E-state index is 12.4. The average molecular weight is 408 g/mol. The molecule has 1 aliphatic rings. The lowest BCUT2D eigenvalue weighted by molar-refractivity contribution is -0.113. The molecule has 144 valence electrons. The Morgan fingerprint density at radius 1 is 1.48 bits per heavy atom. The number of fused-ring (bicyclic) bond motifs is 1. The van der Waals surface area contributed by atoms with E-state index in [9.17, 15) is 14.4 Å². The maximum absolute atomic E-state index is 12.4. The Morgan fingerprint density at radius 3 is 2.96 bits per heavy atom. The molecule has 0 fully saturated rings. The highest BCUT2D eigenvalue weighted by atomic mass is 32.2. The van der Waals surface area contributed by atoms with Crippen LogP contribution in [0.15, 0.2) is 16.0 Å². The van der Waals surface area contributed by atoms with Gasteiger partial charge < -0.3 is 15.0 Å². The van der Waals surface area contributed by atoms with Gasteiger partial charge in [0.05, 0.1) is 18.4 Å². The maximum Gasteiger partial charge on any atom is 0.341 e. The van der Waals surface area contributed by atoms with Crippen LogP contribution in [0.2, 0.25) is 0 Å². The van der Waals surface area contributed by atoms with Crippen LogP contribution in [0.1, 0.15) is 39.8 Å². The molecule has 2 heterocycles. The summed E-state index contributed by atoms with van der Waals surface area (Å²) >= 11 is 2.59. The van der Waals surface area contributed by atoms with E-state index >= 15 is 0 Å². The van der Waals surface area contributed by atoms with E-state index in [0.717, 1.165) is 41.5 Å². The standard InChI is InChI=1S/C18H21N3O4S2/c1-9-4-5-11-12(6-9)27-16(15(11)17(24)25-3)20-14(23)8-26-18-19-10(2)7-13(22)21-18/h7,9H,4-6,8H2,1-3H3,(H,20,23)(H,19,21,22). The first-order valence-electron chi connectivity index (χ1n) is 8.60. The van der Waals surface area contributed by atoms with E-state index in [4.69, 9.17) is 4.74 Å². The summed E-state index contributed by atoms with van der Waals surface area (Å²) in [6.45, 7) is 3.91. The number of carbonyl (C=O) groups excluding carboxylic acids is 2. The lowest BCUT2D eigenvalue weighted by Gasteiger charge is -2.18. The second kappa shape index (κ2) is 8.26. The van der Waals surface area contributed by atoms with Crippen LogP contribution in [0.4, 0.5) is 5.00 Å². The highest BCUT2D eigenvalue weighted by Crippen LogP contribution is 2.40. The van der Waals surface area contributed by atoms with Gasteiger partial charge >= 0.3 is 5.97 Å². The highest BCUT2D eigenvalue weighted by Gasteiger charge is 2.28. The minimum atomic E-state index is -0.422. The van der Waals surface area contributed by atoms with Crippen molar-refractivity contribution in [3.63, 3.8) is 0 Å². The van der Waals surface area contributed by atoms with Gasteiger partial charge in [-0.15, -0.1) is 11.3 Å². The Kier molecular flexibility index (Phi) is 6.01. The molecule has 1 amide bonds. The van der Waals surface area contributed by atoms with Crippen molar-refractivity contribution in [1.82, 2.24) is 9.97 Å². The number of nitrogens with one attached hydrogen (secondary N) is 2.